The van der Waals surface area contributed by atoms with Crippen molar-refractivity contribution in [1.29, 1.82) is 0 Å². The lowest BCUT2D eigenvalue weighted by molar-refractivity contribution is 0.0509. The summed E-state index contributed by atoms with van der Waals surface area (Å²) in [7, 11) is 0. The standard InChI is InChI=1S/C14H21NO2S/c1-14(2,3)17-13(16)15-12(10-18)9-11-7-5-4-6-8-11/h4-8,12,18H,9-10H2,1-3H3,(H,15,16). The van der Waals surface area contributed by atoms with Gasteiger partial charge < -0.3 is 10.1 Å². The summed E-state index contributed by atoms with van der Waals surface area (Å²) in [6.45, 7) is 5.54. The van der Waals surface area contributed by atoms with Gasteiger partial charge in [0.05, 0.1) is 0 Å². The van der Waals surface area contributed by atoms with Crippen molar-refractivity contribution in [2.24, 2.45) is 0 Å². The third-order valence-corrected chi connectivity index (χ3v) is 2.71. The minimum Gasteiger partial charge on any atom is -0.444 e. The van der Waals surface area contributed by atoms with Crippen LogP contribution in [0.2, 0.25) is 0 Å². The molecule has 0 aliphatic rings. The Hall–Kier alpha value is -1.16. The van der Waals surface area contributed by atoms with E-state index in [1.807, 2.05) is 51.1 Å². The van der Waals surface area contributed by atoms with Crippen LogP contribution in [0.5, 0.6) is 0 Å². The lowest BCUT2D eigenvalue weighted by Crippen LogP contribution is -2.41. The minimum absolute atomic E-state index is 0.0226. The second-order valence-electron chi connectivity index (χ2n) is 5.22. The molecule has 0 spiro atoms. The molecule has 0 bridgehead atoms. The molecule has 0 aliphatic heterocycles. The summed E-state index contributed by atoms with van der Waals surface area (Å²) in [6, 6.07) is 9.99. The zero-order valence-corrected chi connectivity index (χ0v) is 12.0. The average Bonchev–Trinajstić information content (AvgIpc) is 2.27. The molecule has 0 fully saturated rings. The quantitative estimate of drug-likeness (QED) is 0.823. The summed E-state index contributed by atoms with van der Waals surface area (Å²) >= 11 is 4.26. The maximum absolute atomic E-state index is 11.7. The molecule has 0 aliphatic carbocycles. The minimum atomic E-state index is -0.474. The molecule has 100 valence electrons. The molecular weight excluding hydrogens is 246 g/mol. The van der Waals surface area contributed by atoms with Crippen molar-refractivity contribution >= 4 is 18.7 Å². The molecule has 1 aromatic rings. The van der Waals surface area contributed by atoms with Gasteiger partial charge in [0.15, 0.2) is 0 Å². The molecule has 1 rings (SSSR count). The lowest BCUT2D eigenvalue weighted by atomic mass is 10.1. The summed E-state index contributed by atoms with van der Waals surface area (Å²) in [5.74, 6) is 0.578. The molecule has 3 nitrogen and oxygen atoms in total. The van der Waals surface area contributed by atoms with E-state index in [1.54, 1.807) is 0 Å². The predicted octanol–water partition coefficient (Wildman–Crippen LogP) is 3.05. The Morgan fingerprint density at radius 3 is 2.44 bits per heavy atom. The van der Waals surface area contributed by atoms with E-state index in [2.05, 4.69) is 17.9 Å². The number of amides is 1. The Labute approximate surface area is 114 Å². The van der Waals surface area contributed by atoms with Crippen molar-refractivity contribution in [2.75, 3.05) is 5.75 Å². The van der Waals surface area contributed by atoms with E-state index < -0.39 is 11.7 Å². The normalized spacial score (nSPS) is 12.9. The Morgan fingerprint density at radius 1 is 1.33 bits per heavy atom. The van der Waals surface area contributed by atoms with Crippen LogP contribution in [0.4, 0.5) is 4.79 Å². The van der Waals surface area contributed by atoms with Gasteiger partial charge in [-0.25, -0.2) is 4.79 Å². The average molecular weight is 267 g/mol. The highest BCUT2D eigenvalue weighted by molar-refractivity contribution is 7.80. The molecule has 1 N–H and O–H groups in total. The van der Waals surface area contributed by atoms with Crippen LogP contribution in [0.25, 0.3) is 0 Å². The first-order valence-corrected chi connectivity index (χ1v) is 6.68. The van der Waals surface area contributed by atoms with Crippen molar-refractivity contribution in [3.8, 4) is 0 Å². The Kier molecular flexibility index (Phi) is 5.54. The Balaban J connectivity index is 2.50. The fourth-order valence-corrected chi connectivity index (χ4v) is 1.75. The Morgan fingerprint density at radius 2 is 1.94 bits per heavy atom. The van der Waals surface area contributed by atoms with Crippen LogP contribution in [0.3, 0.4) is 0 Å². The summed E-state index contributed by atoms with van der Waals surface area (Å²) in [4.78, 5) is 11.7. The SMILES string of the molecule is CC(C)(C)OC(=O)NC(CS)Cc1ccccc1. The molecule has 1 amide bonds. The van der Waals surface area contributed by atoms with Gasteiger partial charge in [0.1, 0.15) is 5.60 Å². The first kappa shape index (κ1) is 14.9. The number of thiol groups is 1. The maximum atomic E-state index is 11.7. The third kappa shape index (κ3) is 5.96. The first-order valence-electron chi connectivity index (χ1n) is 6.05. The number of carbonyl (C=O) groups is 1. The van der Waals surface area contributed by atoms with Gasteiger partial charge in [0, 0.05) is 11.8 Å². The molecule has 18 heavy (non-hydrogen) atoms. The van der Waals surface area contributed by atoms with Gasteiger partial charge >= 0.3 is 6.09 Å². The highest BCUT2D eigenvalue weighted by Crippen LogP contribution is 2.08. The molecule has 1 aromatic carbocycles. The zero-order valence-electron chi connectivity index (χ0n) is 11.1. The fourth-order valence-electron chi connectivity index (χ4n) is 1.53. The van der Waals surface area contributed by atoms with Gasteiger partial charge in [-0.3, -0.25) is 0 Å². The number of rotatable bonds is 4. The molecule has 1 atom stereocenters. The summed E-state index contributed by atoms with van der Waals surface area (Å²) in [5.41, 5.74) is 0.699. The van der Waals surface area contributed by atoms with Crippen LogP contribution in [-0.2, 0) is 11.2 Å². The van der Waals surface area contributed by atoms with Gasteiger partial charge in [-0.2, -0.15) is 12.6 Å². The lowest BCUT2D eigenvalue weighted by Gasteiger charge is -2.23. The van der Waals surface area contributed by atoms with E-state index >= 15 is 0 Å². The molecule has 0 aromatic heterocycles. The van der Waals surface area contributed by atoms with Gasteiger partial charge in [0.25, 0.3) is 0 Å². The van der Waals surface area contributed by atoms with Crippen molar-refractivity contribution in [3.05, 3.63) is 35.9 Å². The van der Waals surface area contributed by atoms with Crippen molar-refractivity contribution < 1.29 is 9.53 Å². The highest BCUT2D eigenvalue weighted by Gasteiger charge is 2.18. The third-order valence-electron chi connectivity index (χ3n) is 2.27. The van der Waals surface area contributed by atoms with E-state index in [0.717, 1.165) is 6.42 Å². The molecule has 4 heteroatoms. The number of ether oxygens (including phenoxy) is 1. The fraction of sp³-hybridized carbons (Fsp3) is 0.500. The van der Waals surface area contributed by atoms with Gasteiger partial charge in [0.2, 0.25) is 0 Å². The van der Waals surface area contributed by atoms with Crippen LogP contribution in [0.15, 0.2) is 30.3 Å². The van der Waals surface area contributed by atoms with E-state index in [-0.39, 0.29) is 6.04 Å². The van der Waals surface area contributed by atoms with Crippen LogP contribution >= 0.6 is 12.6 Å². The number of nitrogens with one attached hydrogen (secondary N) is 1. The van der Waals surface area contributed by atoms with Gasteiger partial charge in [-0.15, -0.1) is 0 Å². The molecule has 0 heterocycles. The second-order valence-corrected chi connectivity index (χ2v) is 5.58. The summed E-state index contributed by atoms with van der Waals surface area (Å²) < 4.78 is 5.22. The molecular formula is C14H21NO2S. The number of carbonyl (C=O) groups excluding carboxylic acids is 1. The highest BCUT2D eigenvalue weighted by atomic mass is 32.1. The largest absolute Gasteiger partial charge is 0.444 e. The number of benzene rings is 1. The monoisotopic (exact) mass is 267 g/mol. The van der Waals surface area contributed by atoms with Gasteiger partial charge in [-0.1, -0.05) is 30.3 Å². The number of hydrogen-bond donors (Lipinski definition) is 2. The topological polar surface area (TPSA) is 38.3 Å². The van der Waals surface area contributed by atoms with Crippen molar-refractivity contribution in [3.63, 3.8) is 0 Å². The molecule has 1 unspecified atom stereocenters. The second kappa shape index (κ2) is 6.69. The smallest absolute Gasteiger partial charge is 0.407 e. The predicted molar refractivity (Wildman–Crippen MR) is 77.2 cm³/mol. The van der Waals surface area contributed by atoms with E-state index in [1.165, 1.54) is 5.56 Å². The van der Waals surface area contributed by atoms with Crippen LogP contribution in [-0.4, -0.2) is 23.5 Å². The molecule has 0 saturated heterocycles. The van der Waals surface area contributed by atoms with Crippen LogP contribution in [0, 0.1) is 0 Å². The maximum Gasteiger partial charge on any atom is 0.407 e. The van der Waals surface area contributed by atoms with E-state index in [4.69, 9.17) is 4.74 Å². The number of alkyl carbamates (subject to hydrolysis) is 1. The number of hydrogen-bond acceptors (Lipinski definition) is 3. The Bertz CT molecular complexity index is 373. The van der Waals surface area contributed by atoms with Crippen LogP contribution in [0.1, 0.15) is 26.3 Å². The van der Waals surface area contributed by atoms with E-state index in [0.29, 0.717) is 5.75 Å². The summed E-state index contributed by atoms with van der Waals surface area (Å²) in [6.07, 6.45) is 0.362. The molecule has 0 saturated carbocycles. The van der Waals surface area contributed by atoms with E-state index in [9.17, 15) is 4.79 Å². The van der Waals surface area contributed by atoms with Crippen molar-refractivity contribution in [1.82, 2.24) is 5.32 Å². The van der Waals surface area contributed by atoms with Crippen LogP contribution < -0.4 is 5.32 Å². The van der Waals surface area contributed by atoms with Crippen molar-refractivity contribution in [2.45, 2.75) is 38.8 Å². The first-order chi connectivity index (χ1) is 8.40. The van der Waals surface area contributed by atoms with Gasteiger partial charge in [-0.05, 0) is 32.8 Å². The molecule has 0 radical (unpaired) electrons. The summed E-state index contributed by atoms with van der Waals surface area (Å²) in [5, 5.41) is 2.83. The zero-order chi connectivity index (χ0) is 13.6.